The lowest BCUT2D eigenvalue weighted by molar-refractivity contribution is -0.146. The monoisotopic (exact) mass is 578 g/mol. The lowest BCUT2D eigenvalue weighted by Crippen LogP contribution is -2.56. The molecular formula is C29H46N4O8. The molecule has 12 heteroatoms. The number of amides is 4. The minimum atomic E-state index is -1.45. The lowest BCUT2D eigenvalue weighted by Gasteiger charge is -2.38. The van der Waals surface area contributed by atoms with Gasteiger partial charge in [0, 0.05) is 18.2 Å². The fourth-order valence-electron chi connectivity index (χ4n) is 4.10. The van der Waals surface area contributed by atoms with E-state index >= 15 is 0 Å². The molecular weight excluding hydrogens is 532 g/mol. The number of primary amides is 1. The quantitative estimate of drug-likeness (QED) is 0.230. The first kappa shape index (κ1) is 35.2. The van der Waals surface area contributed by atoms with Crippen molar-refractivity contribution in [3.05, 3.63) is 29.8 Å². The number of ether oxygens (including phenoxy) is 2. The Balaban J connectivity index is 3.59. The predicted molar refractivity (Wildman–Crippen MR) is 152 cm³/mol. The Hall–Kier alpha value is -3.83. The van der Waals surface area contributed by atoms with Crippen LogP contribution in [0.4, 0.5) is 4.79 Å². The molecule has 1 aromatic rings. The molecule has 3 unspecified atom stereocenters. The molecule has 0 saturated heterocycles. The van der Waals surface area contributed by atoms with E-state index in [0.717, 1.165) is 0 Å². The Morgan fingerprint density at radius 3 is 2.22 bits per heavy atom. The number of nitrogens with zero attached hydrogens (tertiary/aromatic N) is 1. The molecule has 0 bridgehead atoms. The second-order valence-corrected chi connectivity index (χ2v) is 11.2. The van der Waals surface area contributed by atoms with Crippen LogP contribution >= 0.6 is 0 Å². The first-order chi connectivity index (χ1) is 19.1. The van der Waals surface area contributed by atoms with Gasteiger partial charge in [-0.05, 0) is 59.4 Å². The molecule has 0 spiro atoms. The summed E-state index contributed by atoms with van der Waals surface area (Å²) in [4.78, 5) is 65.6. The molecule has 0 aliphatic heterocycles. The van der Waals surface area contributed by atoms with Crippen molar-refractivity contribution in [3.8, 4) is 5.75 Å². The number of nitrogens with two attached hydrogens (primary N) is 1. The van der Waals surface area contributed by atoms with Gasteiger partial charge in [-0.1, -0.05) is 32.0 Å². The highest BCUT2D eigenvalue weighted by molar-refractivity contribution is 5.95. The van der Waals surface area contributed by atoms with Crippen molar-refractivity contribution < 1.29 is 38.6 Å². The molecule has 1 rings (SSSR count). The van der Waals surface area contributed by atoms with Crippen LogP contribution in [0.3, 0.4) is 0 Å². The first-order valence-corrected chi connectivity index (χ1v) is 13.9. The van der Waals surface area contributed by atoms with Gasteiger partial charge in [0.1, 0.15) is 23.4 Å². The number of esters is 1. The summed E-state index contributed by atoms with van der Waals surface area (Å²) < 4.78 is 10.2. The fourth-order valence-corrected chi connectivity index (χ4v) is 4.10. The van der Waals surface area contributed by atoms with Gasteiger partial charge in [-0.2, -0.15) is 0 Å². The Bertz CT molecular complexity index is 1050. The number of hydrogen-bond acceptors (Lipinski definition) is 8. The average molecular weight is 579 g/mol. The van der Waals surface area contributed by atoms with Gasteiger partial charge in [0.05, 0.1) is 19.4 Å². The molecule has 230 valence electrons. The third-order valence-electron chi connectivity index (χ3n) is 5.98. The summed E-state index contributed by atoms with van der Waals surface area (Å²) in [6.45, 7) is 12.5. The highest BCUT2D eigenvalue weighted by Crippen LogP contribution is 2.32. The summed E-state index contributed by atoms with van der Waals surface area (Å²) in [6.07, 6.45) is -0.426. The van der Waals surface area contributed by atoms with Crippen LogP contribution in [0.5, 0.6) is 5.75 Å². The zero-order valence-electron chi connectivity index (χ0n) is 25.2. The van der Waals surface area contributed by atoms with E-state index in [1.165, 1.54) is 17.0 Å². The summed E-state index contributed by atoms with van der Waals surface area (Å²) in [5, 5.41) is 15.8. The number of nitrogens with one attached hydrogen (secondary N) is 2. The maximum absolute atomic E-state index is 14.2. The molecule has 0 aromatic heterocycles. The van der Waals surface area contributed by atoms with Gasteiger partial charge >= 0.3 is 12.1 Å². The third-order valence-corrected chi connectivity index (χ3v) is 5.98. The molecule has 41 heavy (non-hydrogen) atoms. The van der Waals surface area contributed by atoms with Crippen LogP contribution in [0.15, 0.2) is 24.3 Å². The van der Waals surface area contributed by atoms with Crippen molar-refractivity contribution in [2.45, 2.75) is 97.9 Å². The Morgan fingerprint density at radius 2 is 1.68 bits per heavy atom. The van der Waals surface area contributed by atoms with Crippen molar-refractivity contribution >= 4 is 29.8 Å². The van der Waals surface area contributed by atoms with Crippen LogP contribution in [-0.4, -0.2) is 70.6 Å². The largest absolute Gasteiger partial charge is 0.508 e. The van der Waals surface area contributed by atoms with E-state index in [9.17, 15) is 29.1 Å². The van der Waals surface area contributed by atoms with E-state index in [2.05, 4.69) is 10.6 Å². The number of para-hydroxylation sites is 1. The number of phenols is 1. The van der Waals surface area contributed by atoms with Gasteiger partial charge < -0.3 is 35.8 Å². The summed E-state index contributed by atoms with van der Waals surface area (Å²) in [5.74, 6) is -2.76. The van der Waals surface area contributed by atoms with E-state index in [1.54, 1.807) is 46.8 Å². The van der Waals surface area contributed by atoms with E-state index in [1.807, 2.05) is 13.8 Å². The topological polar surface area (TPSA) is 177 Å². The molecule has 5 N–H and O–H groups in total. The first-order valence-electron chi connectivity index (χ1n) is 13.9. The molecule has 0 aliphatic rings. The minimum absolute atomic E-state index is 0.0783. The maximum atomic E-state index is 14.2. The third kappa shape index (κ3) is 12.5. The van der Waals surface area contributed by atoms with E-state index < -0.39 is 59.9 Å². The zero-order valence-corrected chi connectivity index (χ0v) is 25.2. The highest BCUT2D eigenvalue weighted by atomic mass is 16.6. The fraction of sp³-hybridized carbons (Fsp3) is 0.621. The molecule has 0 aliphatic carbocycles. The van der Waals surface area contributed by atoms with Crippen LogP contribution in [0.25, 0.3) is 0 Å². The van der Waals surface area contributed by atoms with E-state index in [4.69, 9.17) is 15.2 Å². The molecule has 3 atom stereocenters. The van der Waals surface area contributed by atoms with Gasteiger partial charge in [-0.15, -0.1) is 0 Å². The van der Waals surface area contributed by atoms with E-state index in [-0.39, 0.29) is 36.8 Å². The van der Waals surface area contributed by atoms with E-state index in [0.29, 0.717) is 12.8 Å². The van der Waals surface area contributed by atoms with Crippen molar-refractivity contribution in [2.24, 2.45) is 11.7 Å². The lowest BCUT2D eigenvalue weighted by atomic mass is 9.96. The van der Waals surface area contributed by atoms with Crippen LogP contribution < -0.4 is 16.4 Å². The molecule has 4 amide bonds. The number of benzene rings is 1. The smallest absolute Gasteiger partial charge is 0.408 e. The van der Waals surface area contributed by atoms with Crippen molar-refractivity contribution in [3.63, 3.8) is 0 Å². The van der Waals surface area contributed by atoms with Gasteiger partial charge in [0.25, 0.3) is 0 Å². The Labute approximate surface area is 242 Å². The van der Waals surface area contributed by atoms with Crippen LogP contribution in [-0.2, 0) is 28.7 Å². The SMILES string of the molecule is CCOC(=O)CCNC(=O)C(c1ccccc1O)N(C(=O)C(CC(N)=O)NC(=O)OC(C)(C)C)C(C)CCC(C)C. The number of carbonyl (C=O) groups is 5. The van der Waals surface area contributed by atoms with Crippen LogP contribution in [0.2, 0.25) is 0 Å². The van der Waals surface area contributed by atoms with Crippen molar-refractivity contribution in [1.29, 1.82) is 0 Å². The maximum Gasteiger partial charge on any atom is 0.408 e. The summed E-state index contributed by atoms with van der Waals surface area (Å²) in [7, 11) is 0. The predicted octanol–water partition coefficient (Wildman–Crippen LogP) is 2.92. The van der Waals surface area contributed by atoms with Crippen LogP contribution in [0, 0.1) is 5.92 Å². The Kier molecular flexibility index (Phi) is 14.1. The molecule has 1 aromatic carbocycles. The van der Waals surface area contributed by atoms with Gasteiger partial charge in [-0.25, -0.2) is 4.79 Å². The Morgan fingerprint density at radius 1 is 1.05 bits per heavy atom. The number of aromatic hydroxyl groups is 1. The second kappa shape index (κ2) is 16.4. The molecule has 0 heterocycles. The molecule has 0 radical (unpaired) electrons. The summed E-state index contributed by atoms with van der Waals surface area (Å²) >= 11 is 0. The van der Waals surface area contributed by atoms with Gasteiger partial charge in [0.2, 0.25) is 17.7 Å². The second-order valence-electron chi connectivity index (χ2n) is 11.2. The zero-order chi connectivity index (χ0) is 31.3. The number of phenolic OH excluding ortho intramolecular Hbond substituents is 1. The molecule has 0 saturated carbocycles. The number of rotatable bonds is 15. The highest BCUT2D eigenvalue weighted by Gasteiger charge is 2.40. The summed E-state index contributed by atoms with van der Waals surface area (Å²) in [5.41, 5.74) is 4.68. The van der Waals surface area contributed by atoms with Crippen LogP contribution in [0.1, 0.15) is 85.8 Å². The number of carbonyl (C=O) groups excluding carboxylic acids is 5. The average Bonchev–Trinajstić information content (AvgIpc) is 2.84. The van der Waals surface area contributed by atoms with Crippen molar-refractivity contribution in [1.82, 2.24) is 15.5 Å². The summed E-state index contributed by atoms with van der Waals surface area (Å²) in [6, 6.07) is 2.66. The van der Waals surface area contributed by atoms with Gasteiger partial charge in [-0.3, -0.25) is 19.2 Å². The number of hydrogen-bond donors (Lipinski definition) is 4. The van der Waals surface area contributed by atoms with Gasteiger partial charge in [0.15, 0.2) is 0 Å². The minimum Gasteiger partial charge on any atom is -0.508 e. The van der Waals surface area contributed by atoms with Crippen molar-refractivity contribution in [2.75, 3.05) is 13.2 Å². The standard InChI is InChI=1S/C29H46N4O8/c1-8-40-24(36)15-16-31-26(37)25(20-11-9-10-12-22(20)34)33(19(4)14-13-18(2)3)27(38)21(17-23(30)35)32-28(39)41-29(5,6)7/h9-12,18-19,21,25,34H,8,13-17H2,1-7H3,(H2,30,35)(H,31,37)(H,32,39). The molecule has 0 fully saturated rings. The normalized spacial score (nSPS) is 13.5. The number of alkyl carbamates (subject to hydrolysis) is 1. The molecule has 12 nitrogen and oxygen atoms in total.